The maximum Gasteiger partial charge on any atom is 0.339 e. The van der Waals surface area contributed by atoms with E-state index in [9.17, 15) is 19.8 Å². The molecule has 30 heavy (non-hydrogen) atoms. The van der Waals surface area contributed by atoms with Crippen LogP contribution in [0.4, 0.5) is 5.69 Å². The van der Waals surface area contributed by atoms with Crippen molar-refractivity contribution in [3.63, 3.8) is 0 Å². The lowest BCUT2D eigenvalue weighted by Crippen LogP contribution is -2.13. The van der Waals surface area contributed by atoms with Crippen molar-refractivity contribution in [2.45, 2.75) is 18.9 Å². The first-order valence-corrected chi connectivity index (χ1v) is 9.65. The quantitative estimate of drug-likeness (QED) is 0.485. The highest BCUT2D eigenvalue weighted by Crippen LogP contribution is 2.37. The van der Waals surface area contributed by atoms with Crippen LogP contribution < -0.4 is 5.32 Å². The van der Waals surface area contributed by atoms with Gasteiger partial charge in [0.2, 0.25) is 0 Å². The van der Waals surface area contributed by atoms with E-state index in [-0.39, 0.29) is 28.8 Å². The number of phenols is 1. The van der Waals surface area contributed by atoms with Gasteiger partial charge in [-0.2, -0.15) is 0 Å². The van der Waals surface area contributed by atoms with Crippen molar-refractivity contribution in [1.29, 1.82) is 0 Å². The number of aliphatic hydroxyl groups excluding tert-OH is 1. The van der Waals surface area contributed by atoms with Crippen molar-refractivity contribution in [3.05, 3.63) is 94.5 Å². The number of hydrogen-bond donors (Lipinski definition) is 4. The lowest BCUT2D eigenvalue weighted by atomic mass is 9.94. The first-order chi connectivity index (χ1) is 14.4. The van der Waals surface area contributed by atoms with Crippen molar-refractivity contribution in [1.82, 2.24) is 0 Å². The second-order valence-electron chi connectivity index (χ2n) is 7.50. The van der Waals surface area contributed by atoms with Gasteiger partial charge in [0.15, 0.2) is 0 Å². The number of carboxylic acids is 1. The van der Waals surface area contributed by atoms with Crippen molar-refractivity contribution >= 4 is 17.6 Å². The summed E-state index contributed by atoms with van der Waals surface area (Å²) >= 11 is 0. The standard InChI is InChI=1S/C24H21NO5/c26-21-10-9-18(13-20(21)24(29)30)25-23(28)15-7-5-14(6-8-15)11-17-12-16-3-1-2-4-19(16)22(17)27/h1-10,13,17,22,26-27H,11-12H2,(H,25,28)(H,29,30)/t17-,22?/m1/s1. The van der Waals surface area contributed by atoms with Crippen LogP contribution in [0, 0.1) is 5.92 Å². The molecule has 1 amide bonds. The molecule has 0 saturated heterocycles. The van der Waals surface area contributed by atoms with Gasteiger partial charge in [-0.15, -0.1) is 0 Å². The van der Waals surface area contributed by atoms with Crippen LogP contribution in [-0.4, -0.2) is 27.2 Å². The number of hydrogen-bond acceptors (Lipinski definition) is 4. The number of benzene rings is 3. The third-order valence-electron chi connectivity index (χ3n) is 5.50. The fourth-order valence-electron chi connectivity index (χ4n) is 3.92. The Labute approximate surface area is 173 Å². The molecule has 1 aliphatic rings. The zero-order chi connectivity index (χ0) is 21.3. The Morgan fingerprint density at radius 3 is 2.43 bits per heavy atom. The number of aromatic carboxylic acids is 1. The molecule has 0 heterocycles. The summed E-state index contributed by atoms with van der Waals surface area (Å²) in [6, 6.07) is 18.9. The molecule has 2 atom stereocenters. The molecule has 4 rings (SSSR count). The van der Waals surface area contributed by atoms with E-state index in [2.05, 4.69) is 5.32 Å². The summed E-state index contributed by atoms with van der Waals surface area (Å²) in [6.07, 6.45) is 1.05. The number of aliphatic hydroxyl groups is 1. The maximum absolute atomic E-state index is 12.5. The molecule has 1 unspecified atom stereocenters. The van der Waals surface area contributed by atoms with E-state index in [1.165, 1.54) is 23.8 Å². The first-order valence-electron chi connectivity index (χ1n) is 9.65. The monoisotopic (exact) mass is 403 g/mol. The molecule has 0 bridgehead atoms. The molecule has 0 fully saturated rings. The van der Waals surface area contributed by atoms with Gasteiger partial charge in [-0.3, -0.25) is 4.79 Å². The van der Waals surface area contributed by atoms with E-state index in [1.54, 1.807) is 12.1 Å². The summed E-state index contributed by atoms with van der Waals surface area (Å²) in [6.45, 7) is 0. The molecule has 1 aliphatic carbocycles. The van der Waals surface area contributed by atoms with Crippen molar-refractivity contribution < 1.29 is 24.9 Å². The van der Waals surface area contributed by atoms with Crippen LogP contribution in [0.25, 0.3) is 0 Å². The lowest BCUT2D eigenvalue weighted by molar-refractivity contribution is 0.0693. The van der Waals surface area contributed by atoms with Crippen LogP contribution in [0.2, 0.25) is 0 Å². The predicted octanol–water partition coefficient (Wildman–Crippen LogP) is 3.79. The molecular formula is C24H21NO5. The highest BCUT2D eigenvalue weighted by molar-refractivity contribution is 6.05. The number of nitrogens with one attached hydrogen (secondary N) is 1. The summed E-state index contributed by atoms with van der Waals surface area (Å²) < 4.78 is 0. The molecule has 152 valence electrons. The number of carbonyl (C=O) groups is 2. The molecule has 4 N–H and O–H groups in total. The van der Waals surface area contributed by atoms with E-state index in [1.807, 2.05) is 36.4 Å². The van der Waals surface area contributed by atoms with Crippen LogP contribution in [0.1, 0.15) is 43.5 Å². The molecule has 0 radical (unpaired) electrons. The Morgan fingerprint density at radius 2 is 1.73 bits per heavy atom. The van der Waals surface area contributed by atoms with Crippen molar-refractivity contribution in [2.75, 3.05) is 5.32 Å². The fraction of sp³-hybridized carbons (Fsp3) is 0.167. The van der Waals surface area contributed by atoms with Gasteiger partial charge in [0.05, 0.1) is 6.10 Å². The fourth-order valence-corrected chi connectivity index (χ4v) is 3.92. The number of amides is 1. The first kappa shape index (κ1) is 19.7. The molecule has 3 aromatic rings. The summed E-state index contributed by atoms with van der Waals surface area (Å²) in [4.78, 5) is 23.6. The van der Waals surface area contributed by atoms with Gasteiger partial charge in [0, 0.05) is 11.3 Å². The predicted molar refractivity (Wildman–Crippen MR) is 112 cm³/mol. The SMILES string of the molecule is O=C(Nc1ccc(O)c(C(=O)O)c1)c1ccc(C[C@@H]2Cc3ccccc3C2O)cc1. The minimum absolute atomic E-state index is 0.105. The third-order valence-corrected chi connectivity index (χ3v) is 5.50. The second-order valence-corrected chi connectivity index (χ2v) is 7.50. The minimum atomic E-state index is -1.27. The Kier molecular flexibility index (Phi) is 5.25. The Bertz CT molecular complexity index is 1110. The molecule has 3 aromatic carbocycles. The average molecular weight is 403 g/mol. The summed E-state index contributed by atoms with van der Waals surface area (Å²) in [7, 11) is 0. The second kappa shape index (κ2) is 8.00. The number of fused-ring (bicyclic) bond motifs is 1. The topological polar surface area (TPSA) is 107 Å². The van der Waals surface area contributed by atoms with E-state index >= 15 is 0 Å². The summed E-state index contributed by atoms with van der Waals surface area (Å²) in [5.74, 6) is -1.91. The van der Waals surface area contributed by atoms with Crippen LogP contribution in [0.5, 0.6) is 5.75 Å². The largest absolute Gasteiger partial charge is 0.507 e. The van der Waals surface area contributed by atoms with Crippen LogP contribution in [0.3, 0.4) is 0 Å². The Morgan fingerprint density at radius 1 is 1.00 bits per heavy atom. The van der Waals surface area contributed by atoms with Gasteiger partial charge in [0.1, 0.15) is 11.3 Å². The number of carboxylic acid groups (broad SMARTS) is 1. The zero-order valence-corrected chi connectivity index (χ0v) is 16.1. The van der Waals surface area contributed by atoms with E-state index in [4.69, 9.17) is 5.11 Å². The van der Waals surface area contributed by atoms with Gasteiger partial charge >= 0.3 is 5.97 Å². The van der Waals surface area contributed by atoms with Gasteiger partial charge < -0.3 is 20.6 Å². The highest BCUT2D eigenvalue weighted by Gasteiger charge is 2.30. The van der Waals surface area contributed by atoms with Gasteiger partial charge in [-0.25, -0.2) is 4.79 Å². The molecule has 0 spiro atoms. The van der Waals surface area contributed by atoms with Crippen molar-refractivity contribution in [3.8, 4) is 5.75 Å². The molecule has 0 aromatic heterocycles. The number of rotatable bonds is 5. The average Bonchev–Trinajstić information content (AvgIpc) is 3.05. The van der Waals surface area contributed by atoms with E-state index < -0.39 is 12.1 Å². The third kappa shape index (κ3) is 3.90. The van der Waals surface area contributed by atoms with Crippen molar-refractivity contribution in [2.24, 2.45) is 5.92 Å². The normalized spacial score (nSPS) is 17.4. The Hall–Kier alpha value is -3.64. The molecular weight excluding hydrogens is 382 g/mol. The molecule has 6 nitrogen and oxygen atoms in total. The smallest absolute Gasteiger partial charge is 0.339 e. The van der Waals surface area contributed by atoms with Gasteiger partial charge in [-0.05, 0) is 65.8 Å². The number of anilines is 1. The summed E-state index contributed by atoms with van der Waals surface area (Å²) in [5.41, 5.74) is 3.64. The zero-order valence-electron chi connectivity index (χ0n) is 16.1. The molecule has 0 aliphatic heterocycles. The summed E-state index contributed by atoms with van der Waals surface area (Å²) in [5, 5.41) is 31.8. The molecule has 6 heteroatoms. The molecule has 0 saturated carbocycles. The van der Waals surface area contributed by atoms with Crippen LogP contribution in [0.15, 0.2) is 66.7 Å². The lowest BCUT2D eigenvalue weighted by Gasteiger charge is -2.15. The van der Waals surface area contributed by atoms with Crippen LogP contribution >= 0.6 is 0 Å². The highest BCUT2D eigenvalue weighted by atomic mass is 16.4. The van der Waals surface area contributed by atoms with E-state index in [0.29, 0.717) is 12.0 Å². The van der Waals surface area contributed by atoms with Gasteiger partial charge in [-0.1, -0.05) is 36.4 Å². The van der Waals surface area contributed by atoms with E-state index in [0.717, 1.165) is 17.5 Å². The number of aromatic hydroxyl groups is 1. The minimum Gasteiger partial charge on any atom is -0.507 e. The van der Waals surface area contributed by atoms with Crippen LogP contribution in [-0.2, 0) is 12.8 Å². The number of carbonyl (C=O) groups excluding carboxylic acids is 1. The van der Waals surface area contributed by atoms with Gasteiger partial charge in [0.25, 0.3) is 5.91 Å². The Balaban J connectivity index is 1.42. The maximum atomic E-state index is 12.5.